The molecule has 126 valence electrons. The zero-order valence-electron chi connectivity index (χ0n) is 14.3. The van der Waals surface area contributed by atoms with Gasteiger partial charge in [-0.05, 0) is 38.4 Å². The SMILES string of the molecule is CCN1CCN(C2CCN(Cc3ccccc3)CC2)CCC1=O. The van der Waals surface area contributed by atoms with E-state index in [4.69, 9.17) is 0 Å². The highest BCUT2D eigenvalue weighted by molar-refractivity contribution is 5.76. The van der Waals surface area contributed by atoms with Crippen LogP contribution >= 0.6 is 0 Å². The highest BCUT2D eigenvalue weighted by Crippen LogP contribution is 2.20. The first-order valence-corrected chi connectivity index (χ1v) is 9.04. The summed E-state index contributed by atoms with van der Waals surface area (Å²) in [7, 11) is 0. The summed E-state index contributed by atoms with van der Waals surface area (Å²) < 4.78 is 0. The first-order chi connectivity index (χ1) is 11.3. The van der Waals surface area contributed by atoms with E-state index in [9.17, 15) is 4.79 Å². The van der Waals surface area contributed by atoms with Crippen molar-refractivity contribution in [3.05, 3.63) is 35.9 Å². The van der Waals surface area contributed by atoms with Crippen LogP contribution in [0.5, 0.6) is 0 Å². The summed E-state index contributed by atoms with van der Waals surface area (Å²) in [6.45, 7) is 9.22. The Labute approximate surface area is 140 Å². The van der Waals surface area contributed by atoms with Crippen LogP contribution in [0.1, 0.15) is 31.7 Å². The molecule has 2 aliphatic rings. The van der Waals surface area contributed by atoms with Gasteiger partial charge in [-0.15, -0.1) is 0 Å². The lowest BCUT2D eigenvalue weighted by atomic mass is 10.0. The molecule has 2 aliphatic heterocycles. The molecule has 2 fully saturated rings. The summed E-state index contributed by atoms with van der Waals surface area (Å²) in [5, 5.41) is 0. The topological polar surface area (TPSA) is 26.8 Å². The molecule has 0 atom stereocenters. The third kappa shape index (κ3) is 4.33. The number of carbonyl (C=O) groups is 1. The Morgan fingerprint density at radius 3 is 2.43 bits per heavy atom. The van der Waals surface area contributed by atoms with E-state index < -0.39 is 0 Å². The number of amides is 1. The minimum Gasteiger partial charge on any atom is -0.342 e. The van der Waals surface area contributed by atoms with Crippen LogP contribution in [-0.2, 0) is 11.3 Å². The van der Waals surface area contributed by atoms with Gasteiger partial charge in [0.25, 0.3) is 0 Å². The van der Waals surface area contributed by atoms with Gasteiger partial charge in [-0.25, -0.2) is 0 Å². The van der Waals surface area contributed by atoms with Gasteiger partial charge in [-0.3, -0.25) is 14.6 Å². The highest BCUT2D eigenvalue weighted by Gasteiger charge is 2.27. The van der Waals surface area contributed by atoms with Crippen molar-refractivity contribution >= 4 is 5.91 Å². The minimum atomic E-state index is 0.330. The summed E-state index contributed by atoms with van der Waals surface area (Å²) in [5.74, 6) is 0.330. The third-order valence-electron chi connectivity index (χ3n) is 5.33. The molecule has 1 aromatic rings. The predicted octanol–water partition coefficient (Wildman–Crippen LogP) is 2.21. The molecule has 0 N–H and O–H groups in total. The lowest BCUT2D eigenvalue weighted by Crippen LogP contribution is -2.45. The zero-order chi connectivity index (χ0) is 16.1. The number of hydrogen-bond acceptors (Lipinski definition) is 3. The van der Waals surface area contributed by atoms with Gasteiger partial charge in [0.1, 0.15) is 0 Å². The van der Waals surface area contributed by atoms with Crippen molar-refractivity contribution in [3.8, 4) is 0 Å². The molecule has 4 heteroatoms. The zero-order valence-corrected chi connectivity index (χ0v) is 14.3. The first-order valence-electron chi connectivity index (χ1n) is 9.04. The van der Waals surface area contributed by atoms with Gasteiger partial charge in [0.15, 0.2) is 0 Å². The maximum Gasteiger partial charge on any atom is 0.223 e. The summed E-state index contributed by atoms with van der Waals surface area (Å²) in [6, 6.07) is 11.4. The van der Waals surface area contributed by atoms with E-state index in [1.807, 2.05) is 4.90 Å². The van der Waals surface area contributed by atoms with Crippen LogP contribution in [0, 0.1) is 0 Å². The molecule has 2 saturated heterocycles. The Balaban J connectivity index is 1.48. The number of hydrogen-bond donors (Lipinski definition) is 0. The van der Waals surface area contributed by atoms with Crippen molar-refractivity contribution < 1.29 is 4.79 Å². The van der Waals surface area contributed by atoms with Crippen LogP contribution < -0.4 is 0 Å². The lowest BCUT2D eigenvalue weighted by Gasteiger charge is -2.38. The van der Waals surface area contributed by atoms with Gasteiger partial charge in [0.2, 0.25) is 5.91 Å². The predicted molar refractivity (Wildman–Crippen MR) is 93.2 cm³/mol. The number of piperidine rings is 1. The number of nitrogens with zero attached hydrogens (tertiary/aromatic N) is 3. The van der Waals surface area contributed by atoms with E-state index in [0.717, 1.165) is 32.7 Å². The molecule has 0 bridgehead atoms. The summed E-state index contributed by atoms with van der Waals surface area (Å²) in [5.41, 5.74) is 1.41. The molecule has 0 unspecified atom stereocenters. The fourth-order valence-corrected chi connectivity index (χ4v) is 3.87. The van der Waals surface area contributed by atoms with Crippen LogP contribution in [-0.4, -0.2) is 65.9 Å². The highest BCUT2D eigenvalue weighted by atomic mass is 16.2. The largest absolute Gasteiger partial charge is 0.342 e. The van der Waals surface area contributed by atoms with E-state index in [-0.39, 0.29) is 0 Å². The van der Waals surface area contributed by atoms with Gasteiger partial charge < -0.3 is 4.90 Å². The second-order valence-corrected chi connectivity index (χ2v) is 6.75. The Hall–Kier alpha value is -1.39. The van der Waals surface area contributed by atoms with Gasteiger partial charge >= 0.3 is 0 Å². The molecule has 0 radical (unpaired) electrons. The molecular formula is C19H29N3O. The van der Waals surface area contributed by atoms with Gasteiger partial charge in [-0.1, -0.05) is 30.3 Å². The van der Waals surface area contributed by atoms with Crippen LogP contribution in [0.2, 0.25) is 0 Å². The molecular weight excluding hydrogens is 286 g/mol. The lowest BCUT2D eigenvalue weighted by molar-refractivity contribution is -0.130. The van der Waals surface area contributed by atoms with Gasteiger partial charge in [-0.2, -0.15) is 0 Å². The summed E-state index contributed by atoms with van der Waals surface area (Å²) >= 11 is 0. The van der Waals surface area contributed by atoms with Crippen molar-refractivity contribution in [3.63, 3.8) is 0 Å². The molecule has 23 heavy (non-hydrogen) atoms. The van der Waals surface area contributed by atoms with Crippen LogP contribution in [0.4, 0.5) is 0 Å². The average Bonchev–Trinajstić information content (AvgIpc) is 2.78. The van der Waals surface area contributed by atoms with E-state index in [1.165, 1.54) is 31.5 Å². The standard InChI is InChI=1S/C19H29N3O/c1-2-21-14-15-22(13-10-19(21)23)18-8-11-20(12-9-18)16-17-6-4-3-5-7-17/h3-7,18H,2,8-16H2,1H3. The average molecular weight is 315 g/mol. The van der Waals surface area contributed by atoms with Crippen molar-refractivity contribution in [1.29, 1.82) is 0 Å². The molecule has 3 rings (SSSR count). The molecule has 0 aliphatic carbocycles. The van der Waals surface area contributed by atoms with E-state index >= 15 is 0 Å². The number of likely N-dealkylation sites (tertiary alicyclic amines) is 1. The van der Waals surface area contributed by atoms with Crippen molar-refractivity contribution in [2.75, 3.05) is 39.3 Å². The smallest absolute Gasteiger partial charge is 0.223 e. The second-order valence-electron chi connectivity index (χ2n) is 6.75. The first kappa shape index (κ1) is 16.5. The van der Waals surface area contributed by atoms with Crippen LogP contribution in [0.25, 0.3) is 0 Å². The van der Waals surface area contributed by atoms with E-state index in [0.29, 0.717) is 18.4 Å². The molecule has 1 amide bonds. The molecule has 0 spiro atoms. The molecule has 0 aromatic heterocycles. The Bertz CT molecular complexity index is 497. The summed E-state index contributed by atoms with van der Waals surface area (Å²) in [6.07, 6.45) is 3.15. The Morgan fingerprint density at radius 2 is 1.74 bits per heavy atom. The summed E-state index contributed by atoms with van der Waals surface area (Å²) in [4.78, 5) is 19.2. The second kappa shape index (κ2) is 7.93. The Morgan fingerprint density at radius 1 is 1.00 bits per heavy atom. The van der Waals surface area contributed by atoms with E-state index in [1.54, 1.807) is 0 Å². The van der Waals surface area contributed by atoms with Crippen LogP contribution in [0.3, 0.4) is 0 Å². The number of carbonyl (C=O) groups excluding carboxylic acids is 1. The number of likely N-dealkylation sites (N-methyl/N-ethyl adjacent to an activating group) is 1. The maximum absolute atomic E-state index is 12.0. The number of rotatable bonds is 4. The van der Waals surface area contributed by atoms with Crippen molar-refractivity contribution in [1.82, 2.24) is 14.7 Å². The minimum absolute atomic E-state index is 0.330. The Kier molecular flexibility index (Phi) is 5.68. The van der Waals surface area contributed by atoms with E-state index in [2.05, 4.69) is 47.1 Å². The van der Waals surface area contributed by atoms with Crippen LogP contribution in [0.15, 0.2) is 30.3 Å². The van der Waals surface area contributed by atoms with Gasteiger partial charge in [0.05, 0.1) is 0 Å². The quantitative estimate of drug-likeness (QED) is 0.852. The van der Waals surface area contributed by atoms with Crippen molar-refractivity contribution in [2.45, 2.75) is 38.8 Å². The van der Waals surface area contributed by atoms with Gasteiger partial charge in [0, 0.05) is 45.2 Å². The fourth-order valence-electron chi connectivity index (χ4n) is 3.87. The normalized spacial score (nSPS) is 22.3. The molecule has 2 heterocycles. The monoisotopic (exact) mass is 315 g/mol. The maximum atomic E-state index is 12.0. The van der Waals surface area contributed by atoms with Crippen molar-refractivity contribution in [2.24, 2.45) is 0 Å². The molecule has 4 nitrogen and oxygen atoms in total. The third-order valence-corrected chi connectivity index (χ3v) is 5.33. The fraction of sp³-hybridized carbons (Fsp3) is 0.632. The number of benzene rings is 1. The molecule has 0 saturated carbocycles. The molecule has 1 aromatic carbocycles.